The highest BCUT2D eigenvalue weighted by atomic mass is 16.5. The molecule has 0 spiro atoms. The van der Waals surface area contributed by atoms with Crippen LogP contribution in [0.4, 0.5) is 5.95 Å². The topological polar surface area (TPSA) is 50.3 Å². The fraction of sp³-hybridized carbons (Fsp3) is 0.714. The Balaban J connectivity index is 1.94. The largest absolute Gasteiger partial charge is 0.475 e. The van der Waals surface area contributed by atoms with Crippen molar-refractivity contribution in [1.29, 1.82) is 0 Å². The van der Waals surface area contributed by atoms with Crippen LogP contribution in [0.1, 0.15) is 32.4 Å². The van der Waals surface area contributed by atoms with Gasteiger partial charge < -0.3 is 15.0 Å². The van der Waals surface area contributed by atoms with Crippen molar-refractivity contribution < 1.29 is 4.74 Å². The summed E-state index contributed by atoms with van der Waals surface area (Å²) in [6.45, 7) is 7.84. The molecule has 1 aromatic rings. The lowest BCUT2D eigenvalue weighted by Crippen LogP contribution is -2.31. The first-order chi connectivity index (χ1) is 9.04. The van der Waals surface area contributed by atoms with Gasteiger partial charge in [-0.1, -0.05) is 0 Å². The van der Waals surface area contributed by atoms with E-state index >= 15 is 0 Å². The molecule has 0 radical (unpaired) electrons. The summed E-state index contributed by atoms with van der Waals surface area (Å²) in [4.78, 5) is 11.0. The maximum Gasteiger partial charge on any atom is 0.228 e. The van der Waals surface area contributed by atoms with E-state index in [0.29, 0.717) is 5.88 Å². The number of aromatic nitrogens is 2. The predicted molar refractivity (Wildman–Crippen MR) is 76.8 cm³/mol. The van der Waals surface area contributed by atoms with Gasteiger partial charge in [-0.3, -0.25) is 0 Å². The van der Waals surface area contributed by atoms with Gasteiger partial charge in [0, 0.05) is 37.9 Å². The van der Waals surface area contributed by atoms with Crippen molar-refractivity contribution in [3.05, 3.63) is 11.8 Å². The lowest BCUT2D eigenvalue weighted by Gasteiger charge is -2.19. The summed E-state index contributed by atoms with van der Waals surface area (Å²) in [7, 11) is 2.02. The van der Waals surface area contributed by atoms with Crippen LogP contribution in [0.25, 0.3) is 0 Å². The molecule has 1 N–H and O–H groups in total. The second-order valence-electron chi connectivity index (χ2n) is 5.46. The summed E-state index contributed by atoms with van der Waals surface area (Å²) >= 11 is 0. The van der Waals surface area contributed by atoms with Gasteiger partial charge in [-0.2, -0.15) is 4.98 Å². The van der Waals surface area contributed by atoms with E-state index in [4.69, 9.17) is 4.74 Å². The minimum Gasteiger partial charge on any atom is -0.475 e. The Morgan fingerprint density at radius 1 is 1.42 bits per heavy atom. The molecule has 1 fully saturated rings. The average Bonchev–Trinajstić information content (AvgIpc) is 3.11. The Hall–Kier alpha value is -1.36. The molecule has 0 aliphatic heterocycles. The number of nitrogens with zero attached hydrogens (tertiary/aromatic N) is 3. The molecule has 1 aliphatic carbocycles. The number of nitrogens with one attached hydrogen (secondary N) is 1. The lowest BCUT2D eigenvalue weighted by molar-refractivity contribution is 0.232. The molecule has 0 amide bonds. The molecule has 1 heterocycles. The monoisotopic (exact) mass is 264 g/mol. The second-order valence-corrected chi connectivity index (χ2v) is 5.46. The highest BCUT2D eigenvalue weighted by Crippen LogP contribution is 2.18. The van der Waals surface area contributed by atoms with Crippen LogP contribution in [0.2, 0.25) is 0 Å². The summed E-state index contributed by atoms with van der Waals surface area (Å²) < 4.78 is 5.65. The van der Waals surface area contributed by atoms with Crippen molar-refractivity contribution in [2.75, 3.05) is 25.0 Å². The van der Waals surface area contributed by atoms with Crippen LogP contribution in [-0.4, -0.2) is 42.3 Å². The standard InChI is InChI=1S/C14H24N4O/c1-10(2)19-13-9-11(3)16-14(17-13)18(4)8-7-15-12-5-6-12/h9-10,12,15H,5-8H2,1-4H3. The van der Waals surface area contributed by atoms with E-state index < -0.39 is 0 Å². The van der Waals surface area contributed by atoms with Crippen molar-refractivity contribution in [2.24, 2.45) is 0 Å². The highest BCUT2D eigenvalue weighted by molar-refractivity contribution is 5.33. The van der Waals surface area contributed by atoms with Gasteiger partial charge in [-0.05, 0) is 33.6 Å². The van der Waals surface area contributed by atoms with Gasteiger partial charge >= 0.3 is 0 Å². The van der Waals surface area contributed by atoms with E-state index in [2.05, 4.69) is 20.2 Å². The number of anilines is 1. The fourth-order valence-corrected chi connectivity index (χ4v) is 1.82. The van der Waals surface area contributed by atoms with Crippen LogP contribution in [0, 0.1) is 6.92 Å². The van der Waals surface area contributed by atoms with Crippen molar-refractivity contribution in [3.8, 4) is 5.88 Å². The Morgan fingerprint density at radius 2 is 2.16 bits per heavy atom. The van der Waals surface area contributed by atoms with Gasteiger partial charge in [-0.25, -0.2) is 4.98 Å². The lowest BCUT2D eigenvalue weighted by atomic mass is 10.4. The van der Waals surface area contributed by atoms with E-state index in [1.807, 2.05) is 33.9 Å². The van der Waals surface area contributed by atoms with Crippen molar-refractivity contribution >= 4 is 5.95 Å². The maximum absolute atomic E-state index is 5.65. The molecule has 0 aromatic carbocycles. The molecule has 0 bridgehead atoms. The van der Waals surface area contributed by atoms with Crippen molar-refractivity contribution in [1.82, 2.24) is 15.3 Å². The summed E-state index contributed by atoms with van der Waals surface area (Å²) in [6, 6.07) is 2.62. The molecule has 1 aliphatic rings. The SMILES string of the molecule is Cc1cc(OC(C)C)nc(N(C)CCNC2CC2)n1. The Morgan fingerprint density at radius 3 is 2.79 bits per heavy atom. The number of ether oxygens (including phenoxy) is 1. The number of hydrogen-bond acceptors (Lipinski definition) is 5. The zero-order chi connectivity index (χ0) is 13.8. The van der Waals surface area contributed by atoms with Crippen molar-refractivity contribution in [3.63, 3.8) is 0 Å². The summed E-state index contributed by atoms with van der Waals surface area (Å²) in [5.41, 5.74) is 0.933. The average molecular weight is 264 g/mol. The first-order valence-electron chi connectivity index (χ1n) is 7.01. The summed E-state index contributed by atoms with van der Waals surface area (Å²) in [5.74, 6) is 1.38. The van der Waals surface area contributed by atoms with Crippen LogP contribution in [0.5, 0.6) is 5.88 Å². The van der Waals surface area contributed by atoms with Crippen LogP contribution >= 0.6 is 0 Å². The molecule has 2 rings (SSSR count). The quantitative estimate of drug-likeness (QED) is 0.813. The van der Waals surface area contributed by atoms with Crippen LogP contribution in [0.3, 0.4) is 0 Å². The van der Waals surface area contributed by atoms with E-state index in [1.165, 1.54) is 12.8 Å². The minimum atomic E-state index is 0.129. The Kier molecular flexibility index (Phi) is 4.58. The van der Waals surface area contributed by atoms with E-state index in [9.17, 15) is 0 Å². The second kappa shape index (κ2) is 6.19. The third-order valence-corrected chi connectivity index (χ3v) is 2.97. The van der Waals surface area contributed by atoms with Crippen molar-refractivity contribution in [2.45, 2.75) is 45.8 Å². The zero-order valence-corrected chi connectivity index (χ0v) is 12.3. The number of aryl methyl sites for hydroxylation is 1. The van der Waals surface area contributed by atoms with Crippen LogP contribution in [-0.2, 0) is 0 Å². The van der Waals surface area contributed by atoms with Gasteiger partial charge in [0.25, 0.3) is 0 Å². The van der Waals surface area contributed by atoms with Crippen LogP contribution in [0.15, 0.2) is 6.07 Å². The molecule has 19 heavy (non-hydrogen) atoms. The highest BCUT2D eigenvalue weighted by Gasteiger charge is 2.20. The summed E-state index contributed by atoms with van der Waals surface area (Å²) in [6.07, 6.45) is 2.76. The van der Waals surface area contributed by atoms with Crippen LogP contribution < -0.4 is 15.0 Å². The Labute approximate surface area is 115 Å². The van der Waals surface area contributed by atoms with Gasteiger partial charge in [0.1, 0.15) is 0 Å². The minimum absolute atomic E-state index is 0.129. The molecule has 106 valence electrons. The molecular weight excluding hydrogens is 240 g/mol. The van der Waals surface area contributed by atoms with E-state index in [0.717, 1.165) is 30.8 Å². The van der Waals surface area contributed by atoms with Gasteiger partial charge in [-0.15, -0.1) is 0 Å². The predicted octanol–water partition coefficient (Wildman–Crippen LogP) is 1.76. The molecule has 1 aromatic heterocycles. The maximum atomic E-state index is 5.65. The molecule has 0 saturated heterocycles. The third-order valence-electron chi connectivity index (χ3n) is 2.97. The molecular formula is C14H24N4O. The third kappa shape index (κ3) is 4.67. The first-order valence-corrected chi connectivity index (χ1v) is 7.01. The fourth-order valence-electron chi connectivity index (χ4n) is 1.82. The first kappa shape index (κ1) is 14.1. The van der Waals surface area contributed by atoms with Gasteiger partial charge in [0.15, 0.2) is 0 Å². The number of hydrogen-bond donors (Lipinski definition) is 1. The molecule has 0 unspecified atom stereocenters. The zero-order valence-electron chi connectivity index (χ0n) is 12.3. The molecule has 1 saturated carbocycles. The van der Waals surface area contributed by atoms with E-state index in [-0.39, 0.29) is 6.10 Å². The van der Waals surface area contributed by atoms with E-state index in [1.54, 1.807) is 0 Å². The molecule has 5 nitrogen and oxygen atoms in total. The number of rotatable bonds is 7. The normalized spacial score (nSPS) is 14.8. The van der Waals surface area contributed by atoms with Gasteiger partial charge in [0.05, 0.1) is 6.10 Å². The molecule has 0 atom stereocenters. The van der Waals surface area contributed by atoms with Gasteiger partial charge in [0.2, 0.25) is 11.8 Å². The molecule has 5 heteroatoms. The smallest absolute Gasteiger partial charge is 0.228 e. The number of likely N-dealkylation sites (N-methyl/N-ethyl adjacent to an activating group) is 1. The summed E-state index contributed by atoms with van der Waals surface area (Å²) in [5, 5.41) is 3.49. The Bertz CT molecular complexity index is 418.